The van der Waals surface area contributed by atoms with Crippen LogP contribution in [-0.2, 0) is 17.6 Å². The van der Waals surface area contributed by atoms with Gasteiger partial charge in [0.05, 0.1) is 18.8 Å². The number of ether oxygens (including phenoxy) is 1. The minimum Gasteiger partial charge on any atom is -0.768 e. The second-order valence-electron chi connectivity index (χ2n) is 3.30. The van der Waals surface area contributed by atoms with E-state index < -0.39 is 11.1 Å². The van der Waals surface area contributed by atoms with Crippen LogP contribution >= 0.6 is 0 Å². The maximum Gasteiger partial charge on any atom is 0.227 e. The molecule has 15 heavy (non-hydrogen) atoms. The van der Waals surface area contributed by atoms with Gasteiger partial charge in [0.2, 0.25) is 5.88 Å². The average Bonchev–Trinajstić information content (AvgIpc) is 2.61. The summed E-state index contributed by atoms with van der Waals surface area (Å²) in [6.07, 6.45) is 1.31. The molecule has 0 aromatic carbocycles. The summed E-state index contributed by atoms with van der Waals surface area (Å²) < 4.78 is 28.5. The van der Waals surface area contributed by atoms with Gasteiger partial charge in [-0.2, -0.15) is 5.10 Å². The highest BCUT2D eigenvalue weighted by Crippen LogP contribution is 2.24. The van der Waals surface area contributed by atoms with Crippen LogP contribution in [0.2, 0.25) is 0 Å². The van der Waals surface area contributed by atoms with Crippen molar-refractivity contribution >= 4 is 11.1 Å². The summed E-state index contributed by atoms with van der Waals surface area (Å²) in [4.78, 5) is 0.130. The number of hydrogen-bond acceptors (Lipinski definition) is 5. The van der Waals surface area contributed by atoms with Gasteiger partial charge in [0.25, 0.3) is 0 Å². The molecule has 0 spiro atoms. The Morgan fingerprint density at radius 3 is 3.33 bits per heavy atom. The number of nitrogens with one attached hydrogen (secondary N) is 1. The summed E-state index contributed by atoms with van der Waals surface area (Å²) >= 11 is -2.28. The Morgan fingerprint density at radius 1 is 1.87 bits per heavy atom. The van der Waals surface area contributed by atoms with E-state index in [1.54, 1.807) is 4.68 Å². The van der Waals surface area contributed by atoms with Crippen molar-refractivity contribution in [1.82, 2.24) is 15.1 Å². The Bertz CT molecular complexity index is 379. The van der Waals surface area contributed by atoms with Crippen molar-refractivity contribution in [3.05, 3.63) is 6.20 Å². The standard InChI is InChI=1S/C8H13N3O3S/c1-2-9-6-4-11-8(14-5-6)7(3-10-11)15(12)13/h3,6,9H,2,4-5H2,1H3,(H,12,13)/p-1/t6-/m0/s1. The molecule has 7 heteroatoms. The predicted octanol–water partition coefficient (Wildman–Crippen LogP) is -0.508. The van der Waals surface area contributed by atoms with Crippen molar-refractivity contribution < 1.29 is 13.5 Å². The van der Waals surface area contributed by atoms with E-state index in [9.17, 15) is 8.76 Å². The molecule has 0 fully saturated rings. The van der Waals surface area contributed by atoms with Crippen molar-refractivity contribution in [2.75, 3.05) is 13.2 Å². The lowest BCUT2D eigenvalue weighted by Crippen LogP contribution is -2.41. The smallest absolute Gasteiger partial charge is 0.227 e. The second kappa shape index (κ2) is 4.30. The maximum atomic E-state index is 10.8. The van der Waals surface area contributed by atoms with Crippen LogP contribution in [0, 0.1) is 0 Å². The maximum absolute atomic E-state index is 10.8. The molecule has 0 aliphatic carbocycles. The van der Waals surface area contributed by atoms with E-state index in [2.05, 4.69) is 10.4 Å². The summed E-state index contributed by atoms with van der Waals surface area (Å²) in [5, 5.41) is 7.19. The zero-order valence-corrected chi connectivity index (χ0v) is 9.12. The van der Waals surface area contributed by atoms with E-state index in [0.717, 1.165) is 6.54 Å². The van der Waals surface area contributed by atoms with E-state index in [1.165, 1.54) is 6.20 Å². The molecule has 1 aromatic heterocycles. The topological polar surface area (TPSA) is 79.2 Å². The first-order valence-electron chi connectivity index (χ1n) is 4.73. The van der Waals surface area contributed by atoms with Crippen molar-refractivity contribution in [3.63, 3.8) is 0 Å². The van der Waals surface area contributed by atoms with Crippen LogP contribution in [0.3, 0.4) is 0 Å². The first-order chi connectivity index (χ1) is 7.22. The Kier molecular flexibility index (Phi) is 3.03. The number of rotatable bonds is 3. The molecular weight excluding hydrogens is 218 g/mol. The largest absolute Gasteiger partial charge is 0.768 e. The third kappa shape index (κ3) is 2.04. The van der Waals surface area contributed by atoms with Crippen molar-refractivity contribution in [2.45, 2.75) is 24.4 Å². The normalized spacial score (nSPS) is 21.9. The average molecular weight is 230 g/mol. The summed E-state index contributed by atoms with van der Waals surface area (Å²) in [5.41, 5.74) is 0. The van der Waals surface area contributed by atoms with Gasteiger partial charge in [0.1, 0.15) is 11.5 Å². The van der Waals surface area contributed by atoms with Crippen molar-refractivity contribution in [3.8, 4) is 5.88 Å². The first kappa shape index (κ1) is 10.6. The van der Waals surface area contributed by atoms with Gasteiger partial charge >= 0.3 is 0 Å². The minimum absolute atomic E-state index is 0.130. The summed E-state index contributed by atoms with van der Waals surface area (Å²) in [6.45, 7) is 3.98. The fourth-order valence-corrected chi connectivity index (χ4v) is 2.04. The summed E-state index contributed by atoms with van der Waals surface area (Å²) in [6, 6.07) is 0.190. The molecule has 1 aliphatic heterocycles. The third-order valence-corrected chi connectivity index (χ3v) is 2.89. The molecule has 1 aromatic rings. The van der Waals surface area contributed by atoms with Crippen LogP contribution in [0.15, 0.2) is 11.1 Å². The molecule has 2 atom stereocenters. The van der Waals surface area contributed by atoms with Gasteiger partial charge in [-0.05, 0) is 17.6 Å². The molecule has 0 amide bonds. The monoisotopic (exact) mass is 230 g/mol. The molecule has 6 nitrogen and oxygen atoms in total. The molecule has 1 N–H and O–H groups in total. The van der Waals surface area contributed by atoms with Crippen LogP contribution < -0.4 is 10.1 Å². The number of aromatic nitrogens is 2. The zero-order chi connectivity index (χ0) is 10.8. The molecular formula is C8H12N3O3S-. The Balaban J connectivity index is 2.18. The molecule has 0 saturated heterocycles. The number of likely N-dealkylation sites (N-methyl/N-ethyl adjacent to an activating group) is 1. The number of nitrogens with zero attached hydrogens (tertiary/aromatic N) is 2. The van der Waals surface area contributed by atoms with Gasteiger partial charge in [-0.1, -0.05) is 6.92 Å². The van der Waals surface area contributed by atoms with Crippen molar-refractivity contribution in [1.29, 1.82) is 0 Å². The highest BCUT2D eigenvalue weighted by atomic mass is 32.2. The quantitative estimate of drug-likeness (QED) is 0.708. The van der Waals surface area contributed by atoms with E-state index in [-0.39, 0.29) is 10.9 Å². The van der Waals surface area contributed by atoms with E-state index >= 15 is 0 Å². The Morgan fingerprint density at radius 2 is 2.67 bits per heavy atom. The van der Waals surface area contributed by atoms with Crippen molar-refractivity contribution in [2.24, 2.45) is 0 Å². The van der Waals surface area contributed by atoms with Gasteiger partial charge in [0, 0.05) is 0 Å². The van der Waals surface area contributed by atoms with Crippen LogP contribution in [0.25, 0.3) is 0 Å². The number of fused-ring (bicyclic) bond motifs is 1. The molecule has 84 valence electrons. The van der Waals surface area contributed by atoms with Gasteiger partial charge < -0.3 is 14.6 Å². The van der Waals surface area contributed by atoms with Gasteiger partial charge in [-0.15, -0.1) is 0 Å². The fourth-order valence-electron chi connectivity index (χ4n) is 1.60. The second-order valence-corrected chi connectivity index (χ2v) is 4.21. The molecule has 1 aliphatic rings. The summed E-state index contributed by atoms with van der Waals surface area (Å²) in [7, 11) is 0. The van der Waals surface area contributed by atoms with Gasteiger partial charge in [0.15, 0.2) is 0 Å². The van der Waals surface area contributed by atoms with Crippen LogP contribution in [-0.4, -0.2) is 37.7 Å². The Hall–Kier alpha value is -0.920. The van der Waals surface area contributed by atoms with Gasteiger partial charge in [-0.25, -0.2) is 4.68 Å². The Labute approximate surface area is 89.9 Å². The van der Waals surface area contributed by atoms with Crippen LogP contribution in [0.1, 0.15) is 6.92 Å². The molecule has 0 bridgehead atoms. The van der Waals surface area contributed by atoms with E-state index in [4.69, 9.17) is 4.74 Å². The van der Waals surface area contributed by atoms with Gasteiger partial charge in [-0.3, -0.25) is 4.21 Å². The SMILES string of the molecule is CCN[C@@H]1COc2c(S(=O)[O-])cnn2C1. The predicted molar refractivity (Wildman–Crippen MR) is 52.4 cm³/mol. The summed E-state index contributed by atoms with van der Waals surface area (Å²) in [5.74, 6) is 0.345. The lowest BCUT2D eigenvalue weighted by Gasteiger charge is -2.25. The lowest BCUT2D eigenvalue weighted by atomic mass is 10.3. The van der Waals surface area contributed by atoms with Crippen LogP contribution in [0.5, 0.6) is 5.88 Å². The molecule has 1 unspecified atom stereocenters. The molecule has 0 radical (unpaired) electrons. The third-order valence-electron chi connectivity index (χ3n) is 2.25. The van der Waals surface area contributed by atoms with E-state index in [0.29, 0.717) is 19.0 Å². The highest BCUT2D eigenvalue weighted by Gasteiger charge is 2.22. The molecule has 0 saturated carbocycles. The van der Waals surface area contributed by atoms with E-state index in [1.807, 2.05) is 6.92 Å². The lowest BCUT2D eigenvalue weighted by molar-refractivity contribution is 0.180. The minimum atomic E-state index is -2.28. The fraction of sp³-hybridized carbons (Fsp3) is 0.625. The number of hydrogen-bond donors (Lipinski definition) is 1. The highest BCUT2D eigenvalue weighted by molar-refractivity contribution is 7.79. The molecule has 2 heterocycles. The first-order valence-corrected chi connectivity index (χ1v) is 5.81. The zero-order valence-electron chi connectivity index (χ0n) is 8.30. The van der Waals surface area contributed by atoms with Crippen LogP contribution in [0.4, 0.5) is 0 Å². The molecule has 2 rings (SSSR count).